The van der Waals surface area contributed by atoms with Gasteiger partial charge in [0.15, 0.2) is 6.10 Å². The van der Waals surface area contributed by atoms with Gasteiger partial charge in [-0.1, -0.05) is 66.7 Å². The Kier molecular flexibility index (Phi) is 4.64. The minimum atomic E-state index is -0.951. The molecule has 23 heavy (non-hydrogen) atoms. The fourth-order valence-electron chi connectivity index (χ4n) is 2.21. The Labute approximate surface area is 138 Å². The van der Waals surface area contributed by atoms with E-state index in [2.05, 4.69) is 0 Å². The average molecular weight is 322 g/mol. The Morgan fingerprint density at radius 2 is 1.48 bits per heavy atom. The molecule has 0 N–H and O–H groups in total. The molecule has 0 amide bonds. The lowest BCUT2D eigenvalue weighted by atomic mass is 10.00. The number of Topliss-reactive ketones (excluding diaryl/α,β-unsaturated/α-hetero) is 1. The van der Waals surface area contributed by atoms with Crippen molar-refractivity contribution in [2.75, 3.05) is 0 Å². The van der Waals surface area contributed by atoms with Crippen LogP contribution in [0.25, 0.3) is 0 Å². The lowest BCUT2D eigenvalue weighted by Gasteiger charge is -2.17. The fraction of sp³-hybridized carbons (Fsp3) is 0.0526. The van der Waals surface area contributed by atoms with Crippen LogP contribution in [0.15, 0.2) is 78.2 Å². The van der Waals surface area contributed by atoms with E-state index in [1.165, 1.54) is 11.3 Å². The first-order valence-electron chi connectivity index (χ1n) is 7.14. The van der Waals surface area contributed by atoms with Gasteiger partial charge in [0, 0.05) is 11.1 Å². The third kappa shape index (κ3) is 3.55. The molecule has 0 aliphatic rings. The zero-order valence-electron chi connectivity index (χ0n) is 12.2. The zero-order chi connectivity index (χ0) is 16.1. The molecule has 0 radical (unpaired) electrons. The molecule has 0 saturated carbocycles. The van der Waals surface area contributed by atoms with Crippen molar-refractivity contribution in [2.45, 2.75) is 6.10 Å². The van der Waals surface area contributed by atoms with E-state index in [0.717, 1.165) is 0 Å². The van der Waals surface area contributed by atoms with E-state index in [9.17, 15) is 9.59 Å². The standard InChI is InChI=1S/C19H14O3S/c20-17(14-8-3-1-4-9-14)18(15-10-5-2-6-11-15)22-19(21)16-12-7-13-23-16/h1-13,18H/t18-/m0/s1. The first kappa shape index (κ1) is 15.2. The number of hydrogen-bond donors (Lipinski definition) is 0. The van der Waals surface area contributed by atoms with Crippen LogP contribution >= 0.6 is 11.3 Å². The predicted molar refractivity (Wildman–Crippen MR) is 89.7 cm³/mol. The van der Waals surface area contributed by atoms with Gasteiger partial charge in [-0.2, -0.15) is 0 Å². The number of hydrogen-bond acceptors (Lipinski definition) is 4. The summed E-state index contributed by atoms with van der Waals surface area (Å²) >= 11 is 1.29. The molecule has 1 atom stereocenters. The Bertz CT molecular complexity index is 780. The van der Waals surface area contributed by atoms with Gasteiger partial charge >= 0.3 is 5.97 Å². The molecule has 0 spiro atoms. The smallest absolute Gasteiger partial charge is 0.349 e. The summed E-state index contributed by atoms with van der Waals surface area (Å²) in [5.41, 5.74) is 1.17. The predicted octanol–water partition coefficient (Wildman–Crippen LogP) is 4.53. The first-order valence-corrected chi connectivity index (χ1v) is 8.02. The second kappa shape index (κ2) is 7.03. The molecule has 2 aromatic carbocycles. The molecule has 3 aromatic rings. The molecule has 0 fully saturated rings. The van der Waals surface area contributed by atoms with Gasteiger partial charge in [0.25, 0.3) is 0 Å². The number of carbonyl (C=O) groups is 2. The van der Waals surface area contributed by atoms with Gasteiger partial charge in [0.2, 0.25) is 5.78 Å². The maximum Gasteiger partial charge on any atom is 0.349 e. The van der Waals surface area contributed by atoms with Crippen molar-refractivity contribution in [2.24, 2.45) is 0 Å². The number of esters is 1. The maximum absolute atomic E-state index is 12.8. The summed E-state index contributed by atoms with van der Waals surface area (Å²) in [5.74, 6) is -0.722. The normalized spacial score (nSPS) is 11.7. The average Bonchev–Trinajstić information content (AvgIpc) is 3.15. The lowest BCUT2D eigenvalue weighted by Crippen LogP contribution is -2.19. The van der Waals surface area contributed by atoms with Crippen molar-refractivity contribution in [3.05, 3.63) is 94.2 Å². The van der Waals surface area contributed by atoms with Crippen LogP contribution in [0.5, 0.6) is 0 Å². The molecule has 4 heteroatoms. The Morgan fingerprint density at radius 3 is 2.09 bits per heavy atom. The number of thiophene rings is 1. The molecule has 3 nitrogen and oxygen atoms in total. The van der Waals surface area contributed by atoms with E-state index in [1.807, 2.05) is 24.3 Å². The van der Waals surface area contributed by atoms with Crippen molar-refractivity contribution >= 4 is 23.1 Å². The van der Waals surface area contributed by atoms with Gasteiger partial charge in [0.05, 0.1) is 0 Å². The highest BCUT2D eigenvalue weighted by Crippen LogP contribution is 2.24. The van der Waals surface area contributed by atoms with Crippen molar-refractivity contribution in [3.63, 3.8) is 0 Å². The second-order valence-corrected chi connectivity index (χ2v) is 5.85. The summed E-state index contributed by atoms with van der Waals surface area (Å²) in [5, 5.41) is 1.80. The first-order chi connectivity index (χ1) is 11.3. The number of benzene rings is 2. The summed E-state index contributed by atoms with van der Waals surface area (Å²) in [6.45, 7) is 0. The van der Waals surface area contributed by atoms with Crippen molar-refractivity contribution in [3.8, 4) is 0 Å². The monoisotopic (exact) mass is 322 g/mol. The highest BCUT2D eigenvalue weighted by atomic mass is 32.1. The summed E-state index contributed by atoms with van der Waals surface area (Å²) < 4.78 is 5.52. The molecule has 3 rings (SSSR count). The maximum atomic E-state index is 12.8. The number of ketones is 1. The van der Waals surface area contributed by atoms with E-state index in [0.29, 0.717) is 16.0 Å². The summed E-state index contributed by atoms with van der Waals surface area (Å²) in [7, 11) is 0. The van der Waals surface area contributed by atoms with E-state index >= 15 is 0 Å². The quantitative estimate of drug-likeness (QED) is 0.512. The van der Waals surface area contributed by atoms with Crippen LogP contribution in [0.4, 0.5) is 0 Å². The third-order valence-corrected chi connectivity index (χ3v) is 4.20. The minimum absolute atomic E-state index is 0.235. The molecular weight excluding hydrogens is 308 g/mol. The summed E-state index contributed by atoms with van der Waals surface area (Å²) in [6, 6.07) is 21.4. The summed E-state index contributed by atoms with van der Waals surface area (Å²) in [4.78, 5) is 25.5. The van der Waals surface area contributed by atoms with Gasteiger partial charge in [0.1, 0.15) is 4.88 Å². The highest BCUT2D eigenvalue weighted by Gasteiger charge is 2.26. The number of carbonyl (C=O) groups excluding carboxylic acids is 2. The van der Waals surface area contributed by atoms with Crippen LogP contribution in [-0.4, -0.2) is 11.8 Å². The number of ether oxygens (including phenoxy) is 1. The van der Waals surface area contributed by atoms with Crippen molar-refractivity contribution < 1.29 is 14.3 Å². The van der Waals surface area contributed by atoms with Crippen LogP contribution in [-0.2, 0) is 4.74 Å². The SMILES string of the molecule is O=C(O[C@H](C(=O)c1ccccc1)c1ccccc1)c1cccs1. The molecule has 114 valence electrons. The molecule has 1 heterocycles. The van der Waals surface area contributed by atoms with Gasteiger partial charge in [-0.05, 0) is 11.4 Å². The molecular formula is C19H14O3S. The Hall–Kier alpha value is -2.72. The molecule has 0 unspecified atom stereocenters. The lowest BCUT2D eigenvalue weighted by molar-refractivity contribution is 0.0285. The van der Waals surface area contributed by atoms with Crippen LogP contribution in [0.1, 0.15) is 31.7 Å². The fourth-order valence-corrected chi connectivity index (χ4v) is 2.82. The van der Waals surface area contributed by atoms with E-state index < -0.39 is 12.1 Å². The van der Waals surface area contributed by atoms with Crippen molar-refractivity contribution in [1.29, 1.82) is 0 Å². The largest absolute Gasteiger partial charge is 0.445 e. The van der Waals surface area contributed by atoms with Crippen LogP contribution in [0.2, 0.25) is 0 Å². The van der Waals surface area contributed by atoms with E-state index in [1.54, 1.807) is 53.9 Å². The van der Waals surface area contributed by atoms with Gasteiger partial charge in [-0.25, -0.2) is 4.79 Å². The van der Waals surface area contributed by atoms with E-state index in [4.69, 9.17) is 4.74 Å². The van der Waals surface area contributed by atoms with E-state index in [-0.39, 0.29) is 5.78 Å². The van der Waals surface area contributed by atoms with Crippen LogP contribution in [0, 0.1) is 0 Å². The molecule has 1 aromatic heterocycles. The van der Waals surface area contributed by atoms with Gasteiger partial charge in [-0.15, -0.1) is 11.3 Å². The number of rotatable bonds is 5. The molecule has 0 aliphatic heterocycles. The molecule has 0 bridgehead atoms. The minimum Gasteiger partial charge on any atom is -0.445 e. The molecule has 0 aliphatic carbocycles. The summed E-state index contributed by atoms with van der Waals surface area (Å²) in [6.07, 6.45) is -0.951. The Morgan fingerprint density at radius 1 is 0.826 bits per heavy atom. The topological polar surface area (TPSA) is 43.4 Å². The molecule has 0 saturated heterocycles. The third-order valence-electron chi connectivity index (χ3n) is 3.35. The van der Waals surface area contributed by atoms with Crippen LogP contribution in [0.3, 0.4) is 0 Å². The Balaban J connectivity index is 1.91. The van der Waals surface area contributed by atoms with Crippen LogP contribution < -0.4 is 0 Å². The van der Waals surface area contributed by atoms with Gasteiger partial charge in [-0.3, -0.25) is 4.79 Å². The van der Waals surface area contributed by atoms with Crippen molar-refractivity contribution in [1.82, 2.24) is 0 Å². The second-order valence-electron chi connectivity index (χ2n) is 4.90. The van der Waals surface area contributed by atoms with Gasteiger partial charge < -0.3 is 4.74 Å². The highest BCUT2D eigenvalue weighted by molar-refractivity contribution is 7.11. The zero-order valence-corrected chi connectivity index (χ0v) is 13.0.